The van der Waals surface area contributed by atoms with Crippen LogP contribution in [0.3, 0.4) is 0 Å². The van der Waals surface area contributed by atoms with Crippen molar-refractivity contribution >= 4 is 12.4 Å². The third-order valence-electron chi connectivity index (χ3n) is 2.27. The average molecular weight is 219 g/mol. The number of hydrogen-bond acceptors (Lipinski definition) is 4. The van der Waals surface area contributed by atoms with E-state index in [-0.39, 0.29) is 12.4 Å². The second-order valence-electron chi connectivity index (χ2n) is 3.95. The van der Waals surface area contributed by atoms with E-state index in [1.807, 2.05) is 10.9 Å². The van der Waals surface area contributed by atoms with Crippen LogP contribution in [0.5, 0.6) is 0 Å². The van der Waals surface area contributed by atoms with E-state index in [1.165, 1.54) is 0 Å². The topological polar surface area (TPSA) is 63.0 Å². The molecule has 1 aliphatic rings. The molecule has 0 unspecified atom stereocenters. The molecule has 1 fully saturated rings. The predicted octanol–water partition coefficient (Wildman–Crippen LogP) is 0.0716. The monoisotopic (exact) mass is 218 g/mol. The third-order valence-corrected chi connectivity index (χ3v) is 2.27. The van der Waals surface area contributed by atoms with Gasteiger partial charge in [0, 0.05) is 13.1 Å². The van der Waals surface area contributed by atoms with Crippen molar-refractivity contribution in [3.8, 4) is 0 Å². The molecule has 1 aliphatic heterocycles. The molecule has 0 atom stereocenters. The molecule has 1 aromatic heterocycles. The van der Waals surface area contributed by atoms with E-state index in [2.05, 4.69) is 15.6 Å². The predicted molar refractivity (Wildman–Crippen MR) is 54.4 cm³/mol. The molecule has 0 spiro atoms. The van der Waals surface area contributed by atoms with Crippen molar-refractivity contribution in [1.29, 1.82) is 0 Å². The highest BCUT2D eigenvalue weighted by Crippen LogP contribution is 2.18. The van der Waals surface area contributed by atoms with Crippen LogP contribution in [-0.2, 0) is 5.60 Å². The van der Waals surface area contributed by atoms with Crippen LogP contribution in [0, 0.1) is 0 Å². The lowest BCUT2D eigenvalue weighted by Crippen LogP contribution is -2.43. The van der Waals surface area contributed by atoms with Crippen molar-refractivity contribution < 1.29 is 5.11 Å². The summed E-state index contributed by atoms with van der Waals surface area (Å²) in [5, 5.41) is 20.7. The zero-order chi connectivity index (χ0) is 9.47. The van der Waals surface area contributed by atoms with Crippen molar-refractivity contribution in [2.45, 2.75) is 25.5 Å². The quantitative estimate of drug-likeness (QED) is 0.738. The second kappa shape index (κ2) is 3.84. The number of aromatic nitrogens is 3. The van der Waals surface area contributed by atoms with Crippen LogP contribution in [0.25, 0.3) is 0 Å². The lowest BCUT2D eigenvalue weighted by atomic mass is 10.1. The molecule has 0 aliphatic carbocycles. The van der Waals surface area contributed by atoms with Crippen molar-refractivity contribution in [2.24, 2.45) is 0 Å². The molecule has 2 rings (SSSR count). The Bertz CT molecular complexity index is 303. The largest absolute Gasteiger partial charge is 0.384 e. The Morgan fingerprint density at radius 2 is 2.21 bits per heavy atom. The zero-order valence-corrected chi connectivity index (χ0v) is 9.08. The van der Waals surface area contributed by atoms with E-state index in [9.17, 15) is 5.11 Å². The molecule has 0 amide bonds. The maximum Gasteiger partial charge on any atom is 0.114 e. The normalized spacial score (nSPS) is 17.4. The summed E-state index contributed by atoms with van der Waals surface area (Å²) in [6.07, 6.45) is 1.81. The van der Waals surface area contributed by atoms with E-state index < -0.39 is 5.60 Å². The van der Waals surface area contributed by atoms with Gasteiger partial charge in [-0.15, -0.1) is 17.5 Å². The Balaban J connectivity index is 0.000000980. The number of hydrogen-bond donors (Lipinski definition) is 2. The second-order valence-corrected chi connectivity index (χ2v) is 3.95. The van der Waals surface area contributed by atoms with Gasteiger partial charge in [0.15, 0.2) is 0 Å². The average Bonchev–Trinajstić information content (AvgIpc) is 2.29. The summed E-state index contributed by atoms with van der Waals surface area (Å²) in [7, 11) is 0. The Labute approximate surface area is 88.9 Å². The summed E-state index contributed by atoms with van der Waals surface area (Å²) in [5.74, 6) is 0. The van der Waals surface area contributed by atoms with Crippen molar-refractivity contribution in [1.82, 2.24) is 20.3 Å². The Kier molecular flexibility index (Phi) is 3.14. The van der Waals surface area contributed by atoms with E-state index in [4.69, 9.17) is 0 Å². The summed E-state index contributed by atoms with van der Waals surface area (Å²) < 4.78 is 1.81. The Morgan fingerprint density at radius 1 is 1.57 bits per heavy atom. The molecule has 5 nitrogen and oxygen atoms in total. The molecule has 0 saturated carbocycles. The van der Waals surface area contributed by atoms with Gasteiger partial charge < -0.3 is 10.4 Å². The van der Waals surface area contributed by atoms with Gasteiger partial charge in [0.2, 0.25) is 0 Å². The summed E-state index contributed by atoms with van der Waals surface area (Å²) in [4.78, 5) is 0. The van der Waals surface area contributed by atoms with Gasteiger partial charge in [0.25, 0.3) is 0 Å². The van der Waals surface area contributed by atoms with Gasteiger partial charge in [-0.25, -0.2) is 4.68 Å². The maximum atomic E-state index is 9.64. The first-order valence-corrected chi connectivity index (χ1v) is 4.43. The smallest absolute Gasteiger partial charge is 0.114 e. The molecule has 2 heterocycles. The first-order valence-electron chi connectivity index (χ1n) is 4.43. The van der Waals surface area contributed by atoms with Gasteiger partial charge in [-0.1, -0.05) is 5.21 Å². The van der Waals surface area contributed by atoms with Gasteiger partial charge in [-0.3, -0.25) is 0 Å². The van der Waals surface area contributed by atoms with Gasteiger partial charge in [0.1, 0.15) is 11.3 Å². The first kappa shape index (κ1) is 11.4. The molecule has 0 bridgehead atoms. The van der Waals surface area contributed by atoms with Crippen LogP contribution in [-0.4, -0.2) is 33.2 Å². The number of nitrogens with one attached hydrogen (secondary N) is 1. The van der Waals surface area contributed by atoms with Crippen molar-refractivity contribution in [2.75, 3.05) is 13.1 Å². The highest BCUT2D eigenvalue weighted by atomic mass is 35.5. The van der Waals surface area contributed by atoms with Crippen molar-refractivity contribution in [3.05, 3.63) is 11.9 Å². The summed E-state index contributed by atoms with van der Waals surface area (Å²) in [6.45, 7) is 5.30. The van der Waals surface area contributed by atoms with E-state index in [0.717, 1.165) is 13.1 Å². The van der Waals surface area contributed by atoms with Gasteiger partial charge in [-0.2, -0.15) is 0 Å². The van der Waals surface area contributed by atoms with Crippen LogP contribution >= 0.6 is 12.4 Å². The van der Waals surface area contributed by atoms with Crippen LogP contribution in [0.2, 0.25) is 0 Å². The summed E-state index contributed by atoms with van der Waals surface area (Å²) in [6, 6.07) is 0.406. The molecule has 6 heteroatoms. The third kappa shape index (κ3) is 2.05. The summed E-state index contributed by atoms with van der Waals surface area (Å²) >= 11 is 0. The molecule has 80 valence electrons. The lowest BCUT2D eigenvalue weighted by Gasteiger charge is -2.26. The zero-order valence-electron chi connectivity index (χ0n) is 8.27. The molecule has 0 aromatic carbocycles. The van der Waals surface area contributed by atoms with Crippen LogP contribution in [0.15, 0.2) is 6.20 Å². The van der Waals surface area contributed by atoms with Crippen LogP contribution in [0.4, 0.5) is 0 Å². The van der Waals surface area contributed by atoms with Crippen LogP contribution in [0.1, 0.15) is 25.6 Å². The molecule has 1 saturated heterocycles. The van der Waals surface area contributed by atoms with Crippen LogP contribution < -0.4 is 5.32 Å². The van der Waals surface area contributed by atoms with E-state index in [0.29, 0.717) is 11.7 Å². The standard InChI is InChI=1S/C8H14N4O.ClH/c1-8(2,13)7-5-12(11-10-7)6-3-9-4-6;/h5-6,9,13H,3-4H2,1-2H3;1H. The number of halogens is 1. The molecular formula is C8H15ClN4O. The van der Waals surface area contributed by atoms with Gasteiger partial charge in [0.05, 0.1) is 12.2 Å². The SMILES string of the molecule is CC(C)(O)c1cn(C2CNC2)nn1.Cl. The molecule has 1 aromatic rings. The molecule has 2 N–H and O–H groups in total. The number of nitrogens with zero attached hydrogens (tertiary/aromatic N) is 3. The van der Waals surface area contributed by atoms with E-state index in [1.54, 1.807) is 13.8 Å². The fraction of sp³-hybridized carbons (Fsp3) is 0.750. The maximum absolute atomic E-state index is 9.64. The first-order chi connectivity index (χ1) is 6.07. The van der Waals surface area contributed by atoms with Gasteiger partial charge >= 0.3 is 0 Å². The minimum absolute atomic E-state index is 0. The fourth-order valence-electron chi connectivity index (χ4n) is 1.20. The highest BCUT2D eigenvalue weighted by Gasteiger charge is 2.24. The lowest BCUT2D eigenvalue weighted by molar-refractivity contribution is 0.0737. The summed E-state index contributed by atoms with van der Waals surface area (Å²) in [5.41, 5.74) is -0.269. The number of rotatable bonds is 2. The molecular weight excluding hydrogens is 204 g/mol. The van der Waals surface area contributed by atoms with Crippen molar-refractivity contribution in [3.63, 3.8) is 0 Å². The minimum atomic E-state index is -0.893. The molecule has 14 heavy (non-hydrogen) atoms. The Morgan fingerprint density at radius 3 is 2.57 bits per heavy atom. The minimum Gasteiger partial charge on any atom is -0.384 e. The highest BCUT2D eigenvalue weighted by molar-refractivity contribution is 5.85. The number of aliphatic hydroxyl groups is 1. The molecule has 0 radical (unpaired) electrons. The fourth-order valence-corrected chi connectivity index (χ4v) is 1.20. The Hall–Kier alpha value is -0.650. The van der Waals surface area contributed by atoms with E-state index >= 15 is 0 Å². The van der Waals surface area contributed by atoms with Gasteiger partial charge in [-0.05, 0) is 13.8 Å².